The van der Waals surface area contributed by atoms with Gasteiger partial charge in [-0.3, -0.25) is 0 Å². The van der Waals surface area contributed by atoms with Crippen molar-refractivity contribution in [2.45, 2.75) is 20.5 Å². The Hall–Kier alpha value is -2.18. The lowest BCUT2D eigenvalue weighted by Crippen LogP contribution is -2.07. The van der Waals surface area contributed by atoms with Crippen molar-refractivity contribution in [2.75, 3.05) is 0 Å². The molecular formula is C16H13ClN2O3S. The summed E-state index contributed by atoms with van der Waals surface area (Å²) in [7, 11) is 0. The van der Waals surface area contributed by atoms with Crippen LogP contribution in [0.2, 0.25) is 5.02 Å². The molecule has 0 unspecified atom stereocenters. The number of ether oxygens (including phenoxy) is 1. The highest BCUT2D eigenvalue weighted by Crippen LogP contribution is 2.30. The first-order chi connectivity index (χ1) is 11.1. The van der Waals surface area contributed by atoms with E-state index in [4.69, 9.17) is 20.9 Å². The molecule has 0 aliphatic rings. The van der Waals surface area contributed by atoms with E-state index >= 15 is 0 Å². The Kier molecular flexibility index (Phi) is 4.45. The predicted molar refractivity (Wildman–Crippen MR) is 87.7 cm³/mol. The van der Waals surface area contributed by atoms with Crippen molar-refractivity contribution >= 4 is 28.9 Å². The topological polar surface area (TPSA) is 65.2 Å². The highest BCUT2D eigenvalue weighted by atomic mass is 35.5. The maximum absolute atomic E-state index is 12.1. The van der Waals surface area contributed by atoms with E-state index < -0.39 is 5.97 Å². The van der Waals surface area contributed by atoms with Crippen LogP contribution in [0.15, 0.2) is 34.2 Å². The second kappa shape index (κ2) is 6.52. The molecule has 2 heterocycles. The van der Waals surface area contributed by atoms with Crippen LogP contribution in [0.4, 0.5) is 0 Å². The van der Waals surface area contributed by atoms with Gasteiger partial charge in [0.1, 0.15) is 22.9 Å². The average Bonchev–Trinajstić information content (AvgIpc) is 3.12. The third kappa shape index (κ3) is 3.28. The van der Waals surface area contributed by atoms with Crippen molar-refractivity contribution in [3.8, 4) is 10.6 Å². The number of halogens is 1. The molecule has 0 aliphatic heterocycles. The lowest BCUT2D eigenvalue weighted by molar-refractivity contribution is 0.0466. The van der Waals surface area contributed by atoms with Gasteiger partial charge in [-0.05, 0) is 19.9 Å². The molecule has 0 fully saturated rings. The SMILES string of the molecule is Cc1noc(C)c1C(=O)OCc1csc(-c2ccccc2Cl)n1. The van der Waals surface area contributed by atoms with Gasteiger partial charge < -0.3 is 9.26 Å². The van der Waals surface area contributed by atoms with Crippen LogP contribution >= 0.6 is 22.9 Å². The second-order valence-electron chi connectivity index (χ2n) is 4.90. The van der Waals surface area contributed by atoms with Crippen molar-refractivity contribution in [3.05, 3.63) is 57.4 Å². The van der Waals surface area contributed by atoms with E-state index in [1.165, 1.54) is 11.3 Å². The van der Waals surface area contributed by atoms with Crippen LogP contribution in [0.1, 0.15) is 27.5 Å². The summed E-state index contributed by atoms with van der Waals surface area (Å²) in [6.45, 7) is 3.46. The van der Waals surface area contributed by atoms with Crippen LogP contribution in [0.3, 0.4) is 0 Å². The molecule has 0 bridgehead atoms. The zero-order valence-corrected chi connectivity index (χ0v) is 14.1. The fourth-order valence-corrected chi connectivity index (χ4v) is 3.24. The molecular weight excluding hydrogens is 336 g/mol. The molecule has 0 N–H and O–H groups in total. The van der Waals surface area contributed by atoms with Gasteiger partial charge in [0.05, 0.1) is 16.4 Å². The number of thiazole rings is 1. The summed E-state index contributed by atoms with van der Waals surface area (Å²) in [6.07, 6.45) is 0. The fourth-order valence-electron chi connectivity index (χ4n) is 2.12. The van der Waals surface area contributed by atoms with E-state index in [0.717, 1.165) is 10.6 Å². The molecule has 7 heteroatoms. The molecule has 0 spiro atoms. The Morgan fingerprint density at radius 3 is 2.83 bits per heavy atom. The Balaban J connectivity index is 1.71. The summed E-state index contributed by atoms with van der Waals surface area (Å²) in [5.41, 5.74) is 2.42. The van der Waals surface area contributed by atoms with Crippen molar-refractivity contribution in [2.24, 2.45) is 0 Å². The van der Waals surface area contributed by atoms with E-state index in [9.17, 15) is 4.79 Å². The fraction of sp³-hybridized carbons (Fsp3) is 0.188. The molecule has 3 rings (SSSR count). The van der Waals surface area contributed by atoms with Gasteiger partial charge in [-0.2, -0.15) is 0 Å². The number of hydrogen-bond acceptors (Lipinski definition) is 6. The highest BCUT2D eigenvalue weighted by molar-refractivity contribution is 7.13. The van der Waals surface area contributed by atoms with E-state index in [1.807, 2.05) is 29.6 Å². The van der Waals surface area contributed by atoms with Crippen LogP contribution in [0, 0.1) is 13.8 Å². The third-order valence-corrected chi connectivity index (χ3v) is 4.50. The smallest absolute Gasteiger partial charge is 0.344 e. The van der Waals surface area contributed by atoms with Gasteiger partial charge in [0.2, 0.25) is 0 Å². The van der Waals surface area contributed by atoms with Gasteiger partial charge in [-0.15, -0.1) is 11.3 Å². The molecule has 5 nitrogen and oxygen atoms in total. The minimum Gasteiger partial charge on any atom is -0.455 e. The van der Waals surface area contributed by atoms with E-state index in [1.54, 1.807) is 13.8 Å². The highest BCUT2D eigenvalue weighted by Gasteiger charge is 2.19. The minimum absolute atomic E-state index is 0.0871. The quantitative estimate of drug-likeness (QED) is 0.653. The first kappa shape index (κ1) is 15.7. The second-order valence-corrected chi connectivity index (χ2v) is 6.16. The third-order valence-electron chi connectivity index (χ3n) is 3.24. The Morgan fingerprint density at radius 2 is 2.13 bits per heavy atom. The minimum atomic E-state index is -0.464. The molecule has 0 radical (unpaired) electrons. The average molecular weight is 349 g/mol. The summed E-state index contributed by atoms with van der Waals surface area (Å²) in [4.78, 5) is 16.5. The summed E-state index contributed by atoms with van der Waals surface area (Å²) >= 11 is 7.62. The number of carbonyl (C=O) groups excluding carboxylic acids is 1. The Labute approximate surface area is 141 Å². The van der Waals surface area contributed by atoms with Crippen LogP contribution in [0.25, 0.3) is 10.6 Å². The lowest BCUT2D eigenvalue weighted by Gasteiger charge is -2.02. The van der Waals surface area contributed by atoms with Crippen LogP contribution in [-0.2, 0) is 11.3 Å². The van der Waals surface area contributed by atoms with Crippen molar-refractivity contribution in [3.63, 3.8) is 0 Å². The molecule has 3 aromatic rings. The number of nitrogens with zero attached hydrogens (tertiary/aromatic N) is 2. The largest absolute Gasteiger partial charge is 0.455 e. The summed E-state index contributed by atoms with van der Waals surface area (Å²) in [5.74, 6) is -0.0175. The summed E-state index contributed by atoms with van der Waals surface area (Å²) in [6, 6.07) is 7.49. The van der Waals surface area contributed by atoms with Crippen molar-refractivity contribution < 1.29 is 14.1 Å². The lowest BCUT2D eigenvalue weighted by atomic mass is 10.2. The maximum Gasteiger partial charge on any atom is 0.344 e. The number of benzene rings is 1. The van der Waals surface area contributed by atoms with Crippen molar-refractivity contribution in [1.29, 1.82) is 0 Å². The number of carbonyl (C=O) groups is 1. The van der Waals surface area contributed by atoms with Gasteiger partial charge in [0, 0.05) is 10.9 Å². The van der Waals surface area contributed by atoms with Crippen LogP contribution < -0.4 is 0 Å². The molecule has 0 saturated carbocycles. The number of aromatic nitrogens is 2. The zero-order chi connectivity index (χ0) is 16.4. The molecule has 2 aromatic heterocycles. The van der Waals surface area contributed by atoms with Crippen LogP contribution in [-0.4, -0.2) is 16.1 Å². The monoisotopic (exact) mass is 348 g/mol. The Morgan fingerprint density at radius 1 is 1.35 bits per heavy atom. The van der Waals surface area contributed by atoms with E-state index in [2.05, 4.69) is 10.1 Å². The van der Waals surface area contributed by atoms with Crippen molar-refractivity contribution in [1.82, 2.24) is 10.1 Å². The Bertz CT molecular complexity index is 837. The first-order valence-electron chi connectivity index (χ1n) is 6.85. The first-order valence-corrected chi connectivity index (χ1v) is 8.11. The summed E-state index contributed by atoms with van der Waals surface area (Å²) < 4.78 is 10.3. The van der Waals surface area contributed by atoms with Gasteiger partial charge >= 0.3 is 5.97 Å². The molecule has 118 valence electrons. The molecule has 0 aliphatic carbocycles. The molecule has 0 atom stereocenters. The standard InChI is InChI=1S/C16H13ClN2O3S/c1-9-14(10(2)22-19-9)16(20)21-7-11-8-23-15(18-11)12-5-3-4-6-13(12)17/h3-6,8H,7H2,1-2H3. The van der Waals surface area contributed by atoms with Gasteiger partial charge in [-0.25, -0.2) is 9.78 Å². The van der Waals surface area contributed by atoms with Gasteiger partial charge in [-0.1, -0.05) is 35.0 Å². The van der Waals surface area contributed by atoms with Gasteiger partial charge in [0.25, 0.3) is 0 Å². The molecule has 23 heavy (non-hydrogen) atoms. The predicted octanol–water partition coefficient (Wildman–Crippen LogP) is 4.43. The maximum atomic E-state index is 12.1. The number of rotatable bonds is 4. The molecule has 0 saturated heterocycles. The van der Waals surface area contributed by atoms with Crippen LogP contribution in [0.5, 0.6) is 0 Å². The summed E-state index contributed by atoms with van der Waals surface area (Å²) in [5, 5.41) is 7.02. The molecule has 0 amide bonds. The van der Waals surface area contributed by atoms with Gasteiger partial charge in [0.15, 0.2) is 0 Å². The van der Waals surface area contributed by atoms with E-state index in [0.29, 0.717) is 27.7 Å². The normalized spacial score (nSPS) is 10.7. The zero-order valence-electron chi connectivity index (χ0n) is 12.5. The molecule has 1 aromatic carbocycles. The number of hydrogen-bond donors (Lipinski definition) is 0. The van der Waals surface area contributed by atoms with E-state index in [-0.39, 0.29) is 6.61 Å². The number of esters is 1. The number of aryl methyl sites for hydroxylation is 2.